The lowest BCUT2D eigenvalue weighted by atomic mass is 10.1. The van der Waals surface area contributed by atoms with Crippen LogP contribution in [0.5, 0.6) is 0 Å². The Labute approximate surface area is 133 Å². The Morgan fingerprint density at radius 2 is 1.41 bits per heavy atom. The largest absolute Gasteiger partial charge is 0.300 e. The first-order valence-corrected chi connectivity index (χ1v) is 7.98. The number of amides is 2. The topological polar surface area (TPSA) is 54.5 Å². The second-order valence-electron chi connectivity index (χ2n) is 4.62. The number of imide groups is 1. The standard InChI is InChI=1S/C14H15NO3.2C2H6/c1-9(7-8-10(2)16)15-13(17)11-5-3-4-6-12(11)14(15)18;2*1-2/h3-6,9H,7-8H2,1-2H3;2*1-2H3. The van der Waals surface area contributed by atoms with Gasteiger partial charge in [0.2, 0.25) is 0 Å². The summed E-state index contributed by atoms with van der Waals surface area (Å²) in [5, 5.41) is 0. The van der Waals surface area contributed by atoms with Crippen LogP contribution < -0.4 is 0 Å². The van der Waals surface area contributed by atoms with Crippen LogP contribution in [0.4, 0.5) is 0 Å². The fraction of sp³-hybridized carbons (Fsp3) is 0.500. The highest BCUT2D eigenvalue weighted by Gasteiger charge is 2.37. The summed E-state index contributed by atoms with van der Waals surface area (Å²) in [5.41, 5.74) is 0.911. The molecule has 1 aliphatic rings. The van der Waals surface area contributed by atoms with Gasteiger partial charge in [0.1, 0.15) is 5.78 Å². The quantitative estimate of drug-likeness (QED) is 0.787. The number of ketones is 1. The van der Waals surface area contributed by atoms with Crippen molar-refractivity contribution in [2.45, 2.75) is 60.4 Å². The van der Waals surface area contributed by atoms with Crippen molar-refractivity contribution in [2.75, 3.05) is 0 Å². The normalized spacial score (nSPS) is 13.5. The summed E-state index contributed by atoms with van der Waals surface area (Å²) >= 11 is 0. The fourth-order valence-corrected chi connectivity index (χ4v) is 2.15. The number of carbonyl (C=O) groups is 3. The molecule has 4 heteroatoms. The summed E-state index contributed by atoms with van der Waals surface area (Å²) in [4.78, 5) is 36.4. The first-order chi connectivity index (χ1) is 10.5. The monoisotopic (exact) mass is 305 g/mol. The summed E-state index contributed by atoms with van der Waals surface area (Å²) in [6.45, 7) is 11.3. The molecular weight excluding hydrogens is 278 g/mol. The number of benzene rings is 1. The van der Waals surface area contributed by atoms with Gasteiger partial charge < -0.3 is 4.79 Å². The van der Waals surface area contributed by atoms with Crippen molar-refractivity contribution < 1.29 is 14.4 Å². The van der Waals surface area contributed by atoms with E-state index in [-0.39, 0.29) is 23.6 Å². The van der Waals surface area contributed by atoms with Crippen LogP contribution in [-0.4, -0.2) is 28.5 Å². The molecule has 0 fully saturated rings. The Bertz CT molecular complexity index is 488. The minimum Gasteiger partial charge on any atom is -0.300 e. The molecule has 0 aliphatic carbocycles. The zero-order valence-corrected chi connectivity index (χ0v) is 14.5. The third-order valence-electron chi connectivity index (χ3n) is 3.18. The summed E-state index contributed by atoms with van der Waals surface area (Å²) < 4.78 is 0. The van der Waals surface area contributed by atoms with E-state index in [4.69, 9.17) is 0 Å². The molecule has 1 aliphatic heterocycles. The molecule has 1 heterocycles. The molecule has 0 radical (unpaired) electrons. The van der Waals surface area contributed by atoms with Gasteiger partial charge in [0.25, 0.3) is 11.8 Å². The van der Waals surface area contributed by atoms with E-state index in [9.17, 15) is 14.4 Å². The Morgan fingerprint density at radius 3 is 1.77 bits per heavy atom. The van der Waals surface area contributed by atoms with Crippen LogP contribution in [0.25, 0.3) is 0 Å². The lowest BCUT2D eigenvalue weighted by molar-refractivity contribution is -0.117. The fourth-order valence-electron chi connectivity index (χ4n) is 2.15. The molecule has 1 aromatic carbocycles. The van der Waals surface area contributed by atoms with Crippen molar-refractivity contribution >= 4 is 17.6 Å². The highest BCUT2D eigenvalue weighted by molar-refractivity contribution is 6.21. The zero-order valence-electron chi connectivity index (χ0n) is 14.5. The number of rotatable bonds is 4. The van der Waals surface area contributed by atoms with Crippen LogP contribution in [0, 0.1) is 0 Å². The minimum absolute atomic E-state index is 0.0680. The first-order valence-electron chi connectivity index (χ1n) is 7.98. The first kappa shape index (κ1) is 20.0. The second kappa shape index (κ2) is 9.87. The number of carbonyl (C=O) groups excluding carboxylic acids is 3. The van der Waals surface area contributed by atoms with Crippen molar-refractivity contribution in [1.82, 2.24) is 4.90 Å². The zero-order chi connectivity index (χ0) is 17.3. The van der Waals surface area contributed by atoms with Crippen LogP contribution in [0.15, 0.2) is 24.3 Å². The van der Waals surface area contributed by atoms with E-state index in [0.29, 0.717) is 24.0 Å². The average Bonchev–Trinajstić information content (AvgIpc) is 2.81. The maximum absolute atomic E-state index is 12.1. The van der Waals surface area contributed by atoms with Gasteiger partial charge >= 0.3 is 0 Å². The lowest BCUT2D eigenvalue weighted by Crippen LogP contribution is -2.38. The van der Waals surface area contributed by atoms with Gasteiger partial charge in [-0.2, -0.15) is 0 Å². The molecule has 1 aromatic rings. The van der Waals surface area contributed by atoms with E-state index in [2.05, 4.69) is 0 Å². The summed E-state index contributed by atoms with van der Waals surface area (Å²) in [6.07, 6.45) is 0.898. The van der Waals surface area contributed by atoms with Crippen molar-refractivity contribution in [1.29, 1.82) is 0 Å². The highest BCUT2D eigenvalue weighted by Crippen LogP contribution is 2.25. The SMILES string of the molecule is CC.CC.CC(=O)CCC(C)N1C(=O)c2ccccc2C1=O. The smallest absolute Gasteiger partial charge is 0.261 e. The van der Waals surface area contributed by atoms with Gasteiger partial charge in [-0.15, -0.1) is 0 Å². The van der Waals surface area contributed by atoms with Gasteiger partial charge in [-0.25, -0.2) is 0 Å². The molecule has 22 heavy (non-hydrogen) atoms. The molecule has 0 aromatic heterocycles. The van der Waals surface area contributed by atoms with Gasteiger partial charge in [-0.1, -0.05) is 39.8 Å². The molecule has 2 rings (SSSR count). The van der Waals surface area contributed by atoms with Crippen molar-refractivity contribution in [3.05, 3.63) is 35.4 Å². The van der Waals surface area contributed by atoms with Crippen molar-refractivity contribution in [2.24, 2.45) is 0 Å². The van der Waals surface area contributed by atoms with Crippen LogP contribution in [-0.2, 0) is 4.79 Å². The Balaban J connectivity index is 0.00000102. The van der Waals surface area contributed by atoms with E-state index in [1.807, 2.05) is 27.7 Å². The maximum atomic E-state index is 12.1. The molecular formula is C18H27NO3. The molecule has 4 nitrogen and oxygen atoms in total. The van der Waals surface area contributed by atoms with E-state index < -0.39 is 0 Å². The number of hydrogen-bond donors (Lipinski definition) is 0. The van der Waals surface area contributed by atoms with E-state index in [1.54, 1.807) is 31.2 Å². The molecule has 2 amide bonds. The maximum Gasteiger partial charge on any atom is 0.261 e. The van der Waals surface area contributed by atoms with E-state index in [0.717, 1.165) is 0 Å². The molecule has 0 N–H and O–H groups in total. The molecule has 0 saturated carbocycles. The van der Waals surface area contributed by atoms with Gasteiger partial charge in [0, 0.05) is 12.5 Å². The molecule has 1 unspecified atom stereocenters. The highest BCUT2D eigenvalue weighted by atomic mass is 16.2. The average molecular weight is 305 g/mol. The van der Waals surface area contributed by atoms with E-state index >= 15 is 0 Å². The molecule has 122 valence electrons. The van der Waals surface area contributed by atoms with Gasteiger partial charge in [0.15, 0.2) is 0 Å². The van der Waals surface area contributed by atoms with Gasteiger partial charge in [0.05, 0.1) is 11.1 Å². The third kappa shape index (κ3) is 4.52. The summed E-state index contributed by atoms with van der Waals surface area (Å²) in [6, 6.07) is 6.56. The van der Waals surface area contributed by atoms with Crippen LogP contribution in [0.3, 0.4) is 0 Å². The molecule has 0 bridgehead atoms. The summed E-state index contributed by atoms with van der Waals surface area (Å²) in [5.74, 6) is -0.447. The summed E-state index contributed by atoms with van der Waals surface area (Å²) in [7, 11) is 0. The second-order valence-corrected chi connectivity index (χ2v) is 4.62. The minimum atomic E-state index is -0.258. The molecule has 1 atom stereocenters. The predicted molar refractivity (Wildman–Crippen MR) is 89.0 cm³/mol. The molecule has 0 spiro atoms. The van der Waals surface area contributed by atoms with Crippen LogP contribution in [0.2, 0.25) is 0 Å². The van der Waals surface area contributed by atoms with Gasteiger partial charge in [-0.05, 0) is 32.4 Å². The van der Waals surface area contributed by atoms with Gasteiger partial charge in [-0.3, -0.25) is 14.5 Å². The van der Waals surface area contributed by atoms with Crippen molar-refractivity contribution in [3.8, 4) is 0 Å². The Morgan fingerprint density at radius 1 is 1.00 bits per heavy atom. The number of hydrogen-bond acceptors (Lipinski definition) is 3. The van der Waals surface area contributed by atoms with Crippen molar-refractivity contribution in [3.63, 3.8) is 0 Å². The van der Waals surface area contributed by atoms with E-state index in [1.165, 1.54) is 11.8 Å². The van der Waals surface area contributed by atoms with Crippen LogP contribution >= 0.6 is 0 Å². The number of nitrogens with zero attached hydrogens (tertiary/aromatic N) is 1. The predicted octanol–water partition coefficient (Wildman–Crippen LogP) is 4.09. The molecule has 0 saturated heterocycles. The Hall–Kier alpha value is -1.97. The third-order valence-corrected chi connectivity index (χ3v) is 3.18. The van der Waals surface area contributed by atoms with Crippen LogP contribution in [0.1, 0.15) is 75.1 Å². The lowest BCUT2D eigenvalue weighted by Gasteiger charge is -2.21. The number of fused-ring (bicyclic) bond motifs is 1. The Kier molecular flexibility index (Phi) is 8.99. The number of Topliss-reactive ketones (excluding diaryl/α,β-unsaturated/α-hetero) is 1.